The summed E-state index contributed by atoms with van der Waals surface area (Å²) in [7, 11) is 0. The minimum absolute atomic E-state index is 0.258. The molecule has 0 radical (unpaired) electrons. The van der Waals surface area contributed by atoms with Crippen molar-refractivity contribution in [2.45, 2.75) is 38.6 Å². The lowest BCUT2D eigenvalue weighted by atomic mass is 9.86. The van der Waals surface area contributed by atoms with E-state index in [0.29, 0.717) is 12.3 Å². The molecule has 1 fully saturated rings. The van der Waals surface area contributed by atoms with Gasteiger partial charge in [-0.05, 0) is 18.4 Å². The van der Waals surface area contributed by atoms with Crippen molar-refractivity contribution in [1.29, 1.82) is 0 Å². The first kappa shape index (κ1) is 13.1. The summed E-state index contributed by atoms with van der Waals surface area (Å²) in [5.74, 6) is 0.598. The Morgan fingerprint density at radius 2 is 1.85 bits per heavy atom. The lowest BCUT2D eigenvalue weighted by Crippen LogP contribution is -2.22. The van der Waals surface area contributed by atoms with Gasteiger partial charge in [-0.25, -0.2) is 0 Å². The minimum Gasteiger partial charge on any atom is -0.297 e. The van der Waals surface area contributed by atoms with Crippen LogP contribution in [-0.2, 0) is 11.3 Å². The van der Waals surface area contributed by atoms with Crippen molar-refractivity contribution in [3.05, 3.63) is 42.7 Å². The molecular weight excluding hydrogens is 248 g/mol. The molecule has 1 heterocycles. The SMILES string of the molecule is O=C(Cn1cc(-c2ccccc2)cn1)C1CCCCC1. The van der Waals surface area contributed by atoms with E-state index >= 15 is 0 Å². The monoisotopic (exact) mass is 268 g/mol. The highest BCUT2D eigenvalue weighted by atomic mass is 16.1. The molecule has 0 aliphatic heterocycles. The summed E-state index contributed by atoms with van der Waals surface area (Å²) in [5.41, 5.74) is 2.21. The maximum Gasteiger partial charge on any atom is 0.157 e. The van der Waals surface area contributed by atoms with Crippen molar-refractivity contribution < 1.29 is 4.79 Å². The molecule has 3 heteroatoms. The van der Waals surface area contributed by atoms with Crippen LogP contribution in [0.3, 0.4) is 0 Å². The molecule has 1 aliphatic carbocycles. The summed E-state index contributed by atoms with van der Waals surface area (Å²) in [6, 6.07) is 10.1. The van der Waals surface area contributed by atoms with Crippen LogP contribution < -0.4 is 0 Å². The van der Waals surface area contributed by atoms with Crippen LogP contribution in [0.2, 0.25) is 0 Å². The van der Waals surface area contributed by atoms with Gasteiger partial charge in [0.2, 0.25) is 0 Å². The smallest absolute Gasteiger partial charge is 0.157 e. The summed E-state index contributed by atoms with van der Waals surface area (Å²) >= 11 is 0. The Bertz CT molecular complexity index is 568. The molecule has 1 aliphatic rings. The summed E-state index contributed by atoms with van der Waals surface area (Å²) < 4.78 is 1.78. The van der Waals surface area contributed by atoms with E-state index < -0.39 is 0 Å². The Kier molecular flexibility index (Phi) is 3.95. The van der Waals surface area contributed by atoms with Gasteiger partial charge >= 0.3 is 0 Å². The first-order chi connectivity index (χ1) is 9.83. The number of carbonyl (C=O) groups is 1. The molecule has 1 aromatic carbocycles. The number of ketones is 1. The van der Waals surface area contributed by atoms with Gasteiger partial charge in [0.05, 0.1) is 12.7 Å². The molecule has 0 atom stereocenters. The van der Waals surface area contributed by atoms with Gasteiger partial charge in [0.1, 0.15) is 0 Å². The number of hydrogen-bond donors (Lipinski definition) is 0. The predicted octanol–water partition coefficient (Wildman–Crippen LogP) is 3.70. The van der Waals surface area contributed by atoms with E-state index in [-0.39, 0.29) is 5.92 Å². The summed E-state index contributed by atoms with van der Waals surface area (Å²) in [6.07, 6.45) is 9.61. The summed E-state index contributed by atoms with van der Waals surface area (Å²) in [6.45, 7) is 0.414. The average Bonchev–Trinajstić information content (AvgIpc) is 2.97. The zero-order valence-electron chi connectivity index (χ0n) is 11.7. The molecule has 0 N–H and O–H groups in total. The van der Waals surface area contributed by atoms with Crippen LogP contribution in [-0.4, -0.2) is 15.6 Å². The zero-order valence-corrected chi connectivity index (χ0v) is 11.7. The van der Waals surface area contributed by atoms with Crippen molar-refractivity contribution in [2.75, 3.05) is 0 Å². The number of Topliss-reactive ketones (excluding diaryl/α,β-unsaturated/α-hetero) is 1. The van der Waals surface area contributed by atoms with Gasteiger partial charge in [0.25, 0.3) is 0 Å². The first-order valence-corrected chi connectivity index (χ1v) is 7.43. The third kappa shape index (κ3) is 2.98. The number of aromatic nitrogens is 2. The summed E-state index contributed by atoms with van der Waals surface area (Å²) in [5, 5.41) is 4.32. The second-order valence-electron chi connectivity index (χ2n) is 5.59. The second-order valence-corrected chi connectivity index (χ2v) is 5.59. The molecule has 20 heavy (non-hydrogen) atoms. The molecule has 0 bridgehead atoms. The molecule has 0 spiro atoms. The molecule has 0 amide bonds. The van der Waals surface area contributed by atoms with Gasteiger partial charge < -0.3 is 0 Å². The fourth-order valence-corrected chi connectivity index (χ4v) is 2.94. The molecule has 2 aromatic rings. The van der Waals surface area contributed by atoms with Crippen molar-refractivity contribution in [1.82, 2.24) is 9.78 Å². The Morgan fingerprint density at radius 3 is 2.60 bits per heavy atom. The normalized spacial score (nSPS) is 16.2. The molecular formula is C17H20N2O. The molecule has 0 saturated heterocycles. The quantitative estimate of drug-likeness (QED) is 0.847. The second kappa shape index (κ2) is 6.04. The van der Waals surface area contributed by atoms with Crippen molar-refractivity contribution >= 4 is 5.78 Å². The molecule has 1 saturated carbocycles. The highest BCUT2D eigenvalue weighted by molar-refractivity contribution is 5.81. The van der Waals surface area contributed by atoms with Crippen molar-refractivity contribution in [3.8, 4) is 11.1 Å². The molecule has 3 rings (SSSR count). The average molecular weight is 268 g/mol. The van der Waals surface area contributed by atoms with Crippen LogP contribution in [0.25, 0.3) is 11.1 Å². The maximum absolute atomic E-state index is 12.3. The van der Waals surface area contributed by atoms with E-state index in [4.69, 9.17) is 0 Å². The topological polar surface area (TPSA) is 34.9 Å². The van der Waals surface area contributed by atoms with E-state index in [2.05, 4.69) is 17.2 Å². The largest absolute Gasteiger partial charge is 0.297 e. The fourth-order valence-electron chi connectivity index (χ4n) is 2.94. The summed E-state index contributed by atoms with van der Waals surface area (Å²) in [4.78, 5) is 12.3. The van der Waals surface area contributed by atoms with Gasteiger partial charge in [-0.3, -0.25) is 9.48 Å². The maximum atomic E-state index is 12.3. The lowest BCUT2D eigenvalue weighted by Gasteiger charge is -2.20. The van der Waals surface area contributed by atoms with Crippen LogP contribution in [0.1, 0.15) is 32.1 Å². The number of carbonyl (C=O) groups excluding carboxylic acids is 1. The van der Waals surface area contributed by atoms with Crippen LogP contribution in [0.4, 0.5) is 0 Å². The molecule has 3 nitrogen and oxygen atoms in total. The third-order valence-electron chi connectivity index (χ3n) is 4.12. The Morgan fingerprint density at radius 1 is 1.10 bits per heavy atom. The number of benzene rings is 1. The van der Waals surface area contributed by atoms with Gasteiger partial charge in [0, 0.05) is 17.7 Å². The minimum atomic E-state index is 0.258. The molecule has 104 valence electrons. The van der Waals surface area contributed by atoms with Gasteiger partial charge in [0.15, 0.2) is 5.78 Å². The van der Waals surface area contributed by atoms with Crippen molar-refractivity contribution in [3.63, 3.8) is 0 Å². The van der Waals surface area contributed by atoms with Crippen LogP contribution in [0, 0.1) is 5.92 Å². The van der Waals surface area contributed by atoms with Crippen LogP contribution in [0.5, 0.6) is 0 Å². The Hall–Kier alpha value is -1.90. The molecule has 1 aromatic heterocycles. The van der Waals surface area contributed by atoms with Crippen LogP contribution >= 0.6 is 0 Å². The van der Waals surface area contributed by atoms with E-state index in [1.54, 1.807) is 4.68 Å². The van der Waals surface area contributed by atoms with Gasteiger partial charge in [-0.15, -0.1) is 0 Å². The van der Waals surface area contributed by atoms with Gasteiger partial charge in [-0.2, -0.15) is 5.10 Å². The molecule has 0 unspecified atom stereocenters. The fraction of sp³-hybridized carbons (Fsp3) is 0.412. The third-order valence-corrected chi connectivity index (χ3v) is 4.12. The van der Waals surface area contributed by atoms with E-state index in [1.165, 1.54) is 19.3 Å². The Balaban J connectivity index is 1.66. The van der Waals surface area contributed by atoms with E-state index in [1.807, 2.05) is 30.6 Å². The van der Waals surface area contributed by atoms with E-state index in [9.17, 15) is 4.79 Å². The first-order valence-electron chi connectivity index (χ1n) is 7.43. The number of hydrogen-bond acceptors (Lipinski definition) is 2. The highest BCUT2D eigenvalue weighted by Crippen LogP contribution is 2.25. The van der Waals surface area contributed by atoms with Gasteiger partial charge in [-0.1, -0.05) is 49.6 Å². The number of nitrogens with zero attached hydrogens (tertiary/aromatic N) is 2. The van der Waals surface area contributed by atoms with E-state index in [0.717, 1.165) is 24.0 Å². The number of rotatable bonds is 4. The zero-order chi connectivity index (χ0) is 13.8. The Labute approximate surface area is 119 Å². The standard InChI is InChI=1S/C17H20N2O/c20-17(15-9-5-2-6-10-15)13-19-12-16(11-18-19)14-7-3-1-4-8-14/h1,3-4,7-8,11-12,15H,2,5-6,9-10,13H2. The van der Waals surface area contributed by atoms with Crippen LogP contribution in [0.15, 0.2) is 42.7 Å². The highest BCUT2D eigenvalue weighted by Gasteiger charge is 2.21. The van der Waals surface area contributed by atoms with Crippen molar-refractivity contribution in [2.24, 2.45) is 5.92 Å². The lowest BCUT2D eigenvalue weighted by molar-refractivity contribution is -0.124. The predicted molar refractivity (Wildman–Crippen MR) is 79.2 cm³/mol.